The first-order valence-corrected chi connectivity index (χ1v) is 8.93. The molecule has 0 bridgehead atoms. The van der Waals surface area contributed by atoms with Crippen molar-refractivity contribution in [3.05, 3.63) is 23.9 Å². The maximum atomic E-state index is 12.8. The number of rotatable bonds is 4. The van der Waals surface area contributed by atoms with Gasteiger partial charge in [0.05, 0.1) is 16.7 Å². The molecule has 120 valence electrons. The van der Waals surface area contributed by atoms with E-state index in [1.54, 1.807) is 18.0 Å². The minimum Gasteiger partial charge on any atom is -0.377 e. The van der Waals surface area contributed by atoms with Crippen LogP contribution in [0.25, 0.3) is 0 Å². The molecule has 1 saturated carbocycles. The van der Waals surface area contributed by atoms with Crippen LogP contribution in [0.3, 0.4) is 0 Å². The standard InChI is InChI=1S/C17H24N2O2S/c1-5-22-13-7-6-11(10-18-13)16(20)19(4)14-12-8-9-21-15(12)17(14,2)3/h6-7,10,12,14-15H,5,8-9H2,1-4H3/t12-,14-,15-/m1/s1. The number of hydrogen-bond donors (Lipinski definition) is 0. The third kappa shape index (κ3) is 2.44. The summed E-state index contributed by atoms with van der Waals surface area (Å²) < 4.78 is 5.82. The number of thioether (sulfide) groups is 1. The Morgan fingerprint density at radius 3 is 2.91 bits per heavy atom. The fourth-order valence-corrected chi connectivity index (χ4v) is 4.74. The lowest BCUT2D eigenvalue weighted by Gasteiger charge is -2.57. The number of hydrogen-bond acceptors (Lipinski definition) is 4. The molecule has 3 rings (SSSR count). The van der Waals surface area contributed by atoms with Crippen LogP contribution >= 0.6 is 11.8 Å². The molecule has 1 saturated heterocycles. The maximum Gasteiger partial charge on any atom is 0.255 e. The molecule has 1 aliphatic heterocycles. The molecule has 0 spiro atoms. The third-order valence-corrected chi connectivity index (χ3v) is 5.88. The number of nitrogens with zero attached hydrogens (tertiary/aromatic N) is 2. The highest BCUT2D eigenvalue weighted by atomic mass is 32.2. The van der Waals surface area contributed by atoms with Gasteiger partial charge in [0, 0.05) is 37.2 Å². The second-order valence-electron chi connectivity index (χ2n) is 6.74. The topological polar surface area (TPSA) is 42.4 Å². The van der Waals surface area contributed by atoms with Crippen LogP contribution in [0, 0.1) is 11.3 Å². The van der Waals surface area contributed by atoms with Crippen molar-refractivity contribution in [2.24, 2.45) is 11.3 Å². The first-order chi connectivity index (χ1) is 10.5. The molecule has 1 aromatic heterocycles. The van der Waals surface area contributed by atoms with E-state index < -0.39 is 0 Å². The van der Waals surface area contributed by atoms with E-state index in [1.165, 1.54) is 0 Å². The maximum absolute atomic E-state index is 12.8. The van der Waals surface area contributed by atoms with Crippen LogP contribution < -0.4 is 0 Å². The monoisotopic (exact) mass is 320 g/mol. The van der Waals surface area contributed by atoms with Gasteiger partial charge >= 0.3 is 0 Å². The lowest BCUT2D eigenvalue weighted by molar-refractivity contribution is -0.139. The van der Waals surface area contributed by atoms with Gasteiger partial charge in [-0.2, -0.15) is 0 Å². The van der Waals surface area contributed by atoms with E-state index in [-0.39, 0.29) is 17.4 Å². The molecule has 5 heteroatoms. The molecule has 4 nitrogen and oxygen atoms in total. The molecule has 0 aromatic carbocycles. The van der Waals surface area contributed by atoms with Crippen molar-refractivity contribution in [1.29, 1.82) is 0 Å². The fourth-order valence-electron chi connectivity index (χ4n) is 4.15. The predicted octanol–water partition coefficient (Wildman–Crippen LogP) is 3.08. The van der Waals surface area contributed by atoms with Crippen LogP contribution in [0.5, 0.6) is 0 Å². The molecule has 2 fully saturated rings. The van der Waals surface area contributed by atoms with Crippen LogP contribution in [0.2, 0.25) is 0 Å². The van der Waals surface area contributed by atoms with E-state index in [1.807, 2.05) is 24.1 Å². The first kappa shape index (κ1) is 15.8. The van der Waals surface area contributed by atoms with Crippen molar-refractivity contribution >= 4 is 17.7 Å². The van der Waals surface area contributed by atoms with Gasteiger partial charge in [-0.15, -0.1) is 11.8 Å². The Kier molecular flexibility index (Phi) is 4.21. The summed E-state index contributed by atoms with van der Waals surface area (Å²) in [5.74, 6) is 1.52. The van der Waals surface area contributed by atoms with Crippen LogP contribution in [0.4, 0.5) is 0 Å². The third-order valence-electron chi connectivity index (χ3n) is 5.05. The minimum absolute atomic E-state index is 0.0248. The average molecular weight is 320 g/mol. The van der Waals surface area contributed by atoms with Crippen LogP contribution in [-0.2, 0) is 4.74 Å². The van der Waals surface area contributed by atoms with Crippen molar-refractivity contribution in [1.82, 2.24) is 9.88 Å². The highest BCUT2D eigenvalue weighted by molar-refractivity contribution is 7.99. The quantitative estimate of drug-likeness (QED) is 0.800. The fraction of sp³-hybridized carbons (Fsp3) is 0.647. The van der Waals surface area contributed by atoms with E-state index in [9.17, 15) is 4.79 Å². The molecule has 1 amide bonds. The summed E-state index contributed by atoms with van der Waals surface area (Å²) in [7, 11) is 1.91. The summed E-state index contributed by atoms with van der Waals surface area (Å²) in [6, 6.07) is 4.07. The summed E-state index contributed by atoms with van der Waals surface area (Å²) in [5.41, 5.74) is 0.693. The van der Waals surface area contributed by atoms with Gasteiger partial charge in [0.25, 0.3) is 5.91 Å². The number of aromatic nitrogens is 1. The molecular weight excluding hydrogens is 296 g/mol. The van der Waals surface area contributed by atoms with E-state index in [0.29, 0.717) is 17.6 Å². The zero-order valence-corrected chi connectivity index (χ0v) is 14.5. The number of carbonyl (C=O) groups is 1. The van der Waals surface area contributed by atoms with Crippen LogP contribution in [-0.4, -0.2) is 47.3 Å². The lowest BCUT2D eigenvalue weighted by atomic mass is 9.56. The Morgan fingerprint density at radius 1 is 1.50 bits per heavy atom. The number of amides is 1. The predicted molar refractivity (Wildman–Crippen MR) is 88.1 cm³/mol. The number of pyridine rings is 1. The number of fused-ring (bicyclic) bond motifs is 1. The van der Waals surface area contributed by atoms with Gasteiger partial charge in [0.2, 0.25) is 0 Å². The summed E-state index contributed by atoms with van der Waals surface area (Å²) in [4.78, 5) is 19.0. The zero-order valence-electron chi connectivity index (χ0n) is 13.7. The van der Waals surface area contributed by atoms with E-state index in [4.69, 9.17) is 4.74 Å². The average Bonchev–Trinajstić information content (AvgIpc) is 2.94. The van der Waals surface area contributed by atoms with Crippen molar-refractivity contribution in [2.75, 3.05) is 19.4 Å². The van der Waals surface area contributed by atoms with Gasteiger partial charge in [-0.1, -0.05) is 20.8 Å². The number of ether oxygens (including phenoxy) is 1. The Balaban J connectivity index is 1.74. The van der Waals surface area contributed by atoms with Gasteiger partial charge in [0.15, 0.2) is 0 Å². The molecule has 2 heterocycles. The number of carbonyl (C=O) groups excluding carboxylic acids is 1. The lowest BCUT2D eigenvalue weighted by Crippen LogP contribution is -2.66. The van der Waals surface area contributed by atoms with Gasteiger partial charge in [-0.05, 0) is 24.3 Å². The van der Waals surface area contributed by atoms with Crippen LogP contribution in [0.1, 0.15) is 37.6 Å². The molecular formula is C17H24N2O2S. The van der Waals surface area contributed by atoms with Gasteiger partial charge < -0.3 is 9.64 Å². The highest BCUT2D eigenvalue weighted by Crippen LogP contribution is 2.54. The van der Waals surface area contributed by atoms with Crippen molar-refractivity contribution in [2.45, 2.75) is 44.4 Å². The Labute approximate surface area is 136 Å². The SMILES string of the molecule is CCSc1ccc(C(=O)N(C)[C@@H]2[C@H]3CCO[C@H]3C2(C)C)cn1. The zero-order chi connectivity index (χ0) is 15.9. The normalized spacial score (nSPS) is 28.8. The van der Waals surface area contributed by atoms with Gasteiger partial charge in [0.1, 0.15) is 0 Å². The Morgan fingerprint density at radius 2 is 2.27 bits per heavy atom. The smallest absolute Gasteiger partial charge is 0.255 e. The van der Waals surface area contributed by atoms with E-state index >= 15 is 0 Å². The summed E-state index contributed by atoms with van der Waals surface area (Å²) >= 11 is 1.69. The molecule has 2 aliphatic rings. The van der Waals surface area contributed by atoms with Crippen LogP contribution in [0.15, 0.2) is 23.4 Å². The summed E-state index contributed by atoms with van der Waals surface area (Å²) in [6.07, 6.45) is 3.06. The molecule has 22 heavy (non-hydrogen) atoms. The van der Waals surface area contributed by atoms with Crippen molar-refractivity contribution < 1.29 is 9.53 Å². The second kappa shape index (κ2) is 5.85. The van der Waals surface area contributed by atoms with Gasteiger partial charge in [-0.25, -0.2) is 4.98 Å². The molecule has 0 N–H and O–H groups in total. The largest absolute Gasteiger partial charge is 0.377 e. The van der Waals surface area contributed by atoms with E-state index in [0.717, 1.165) is 23.8 Å². The summed E-state index contributed by atoms with van der Waals surface area (Å²) in [6.45, 7) is 7.32. The van der Waals surface area contributed by atoms with Crippen molar-refractivity contribution in [3.8, 4) is 0 Å². The second-order valence-corrected chi connectivity index (χ2v) is 8.03. The highest BCUT2D eigenvalue weighted by Gasteiger charge is 2.61. The minimum atomic E-state index is 0.0248. The molecule has 3 atom stereocenters. The van der Waals surface area contributed by atoms with Gasteiger partial charge in [-0.3, -0.25) is 4.79 Å². The molecule has 1 aromatic rings. The van der Waals surface area contributed by atoms with Crippen molar-refractivity contribution in [3.63, 3.8) is 0 Å². The summed E-state index contributed by atoms with van der Waals surface area (Å²) in [5, 5.41) is 0.968. The van der Waals surface area contributed by atoms with E-state index in [2.05, 4.69) is 25.8 Å². The molecule has 0 radical (unpaired) electrons. The Hall–Kier alpha value is -1.07. The Bertz CT molecular complexity index is 558. The first-order valence-electron chi connectivity index (χ1n) is 7.94. The molecule has 0 unspecified atom stereocenters. The molecule has 1 aliphatic carbocycles.